The normalized spacial score (nSPS) is 18.9. The highest BCUT2D eigenvalue weighted by Gasteiger charge is 2.40. The van der Waals surface area contributed by atoms with Crippen LogP contribution < -0.4 is 9.47 Å². The van der Waals surface area contributed by atoms with Gasteiger partial charge in [-0.15, -0.1) is 0 Å². The number of rotatable bonds is 7. The van der Waals surface area contributed by atoms with E-state index < -0.39 is 10.5 Å². The first-order valence-electron chi connectivity index (χ1n) is 7.82. The summed E-state index contributed by atoms with van der Waals surface area (Å²) in [5.41, 5.74) is -0.480. The maximum Gasteiger partial charge on any atom is 0.415 e. The number of aromatic nitrogens is 2. The van der Waals surface area contributed by atoms with Crippen LogP contribution in [0.5, 0.6) is 11.8 Å². The summed E-state index contributed by atoms with van der Waals surface area (Å²) in [6.07, 6.45) is 1.41. The average molecular weight is 367 g/mol. The molecule has 1 atom stereocenters. The molecule has 0 bridgehead atoms. The van der Waals surface area contributed by atoms with Gasteiger partial charge in [0.05, 0.1) is 6.54 Å². The number of nitrogens with zero attached hydrogens (tertiary/aromatic N) is 4. The molecular formula is C16H19ClN4O4. The molecule has 25 heavy (non-hydrogen) atoms. The summed E-state index contributed by atoms with van der Waals surface area (Å²) in [5.74, 6) is 0.579. The Bertz CT molecular complexity index is 738. The smallest absolute Gasteiger partial charge is 0.415 e. The Labute approximate surface area is 150 Å². The van der Waals surface area contributed by atoms with Crippen molar-refractivity contribution in [2.45, 2.75) is 19.1 Å². The largest absolute Gasteiger partial charge is 0.492 e. The molecule has 2 heterocycles. The molecule has 0 fully saturated rings. The molecule has 0 saturated carbocycles. The van der Waals surface area contributed by atoms with E-state index in [-0.39, 0.29) is 5.82 Å². The Kier molecular flexibility index (Phi) is 4.82. The van der Waals surface area contributed by atoms with E-state index in [1.165, 1.54) is 6.20 Å². The van der Waals surface area contributed by atoms with Gasteiger partial charge in [-0.3, -0.25) is 9.47 Å². The minimum atomic E-state index is -0.522. The highest BCUT2D eigenvalue weighted by Crippen LogP contribution is 2.31. The van der Waals surface area contributed by atoms with Crippen LogP contribution in [0, 0.1) is 10.1 Å². The van der Waals surface area contributed by atoms with E-state index in [2.05, 4.69) is 9.88 Å². The number of ether oxygens (including phenoxy) is 2. The highest BCUT2D eigenvalue weighted by molar-refractivity contribution is 6.30. The van der Waals surface area contributed by atoms with Crippen LogP contribution in [0.1, 0.15) is 6.92 Å². The number of hydrogen-bond donors (Lipinski definition) is 0. The first kappa shape index (κ1) is 17.5. The first-order chi connectivity index (χ1) is 11.8. The van der Waals surface area contributed by atoms with Crippen molar-refractivity contribution in [1.29, 1.82) is 0 Å². The van der Waals surface area contributed by atoms with Crippen LogP contribution in [0.4, 0.5) is 5.82 Å². The maximum absolute atomic E-state index is 10.7. The minimum Gasteiger partial charge on any atom is -0.492 e. The van der Waals surface area contributed by atoms with Crippen LogP contribution in [0.3, 0.4) is 0 Å². The molecular weight excluding hydrogens is 348 g/mol. The summed E-state index contributed by atoms with van der Waals surface area (Å²) in [6, 6.07) is 7.52. The molecule has 0 saturated heterocycles. The van der Waals surface area contributed by atoms with Crippen molar-refractivity contribution in [3.63, 3.8) is 0 Å². The second kappa shape index (κ2) is 6.89. The van der Waals surface area contributed by atoms with Gasteiger partial charge < -0.3 is 19.6 Å². The molecule has 1 aliphatic heterocycles. The van der Waals surface area contributed by atoms with E-state index in [9.17, 15) is 10.1 Å². The van der Waals surface area contributed by atoms with Crippen molar-refractivity contribution in [3.05, 3.63) is 45.6 Å². The Morgan fingerprint density at radius 3 is 2.84 bits per heavy atom. The third kappa shape index (κ3) is 4.21. The molecule has 1 aromatic heterocycles. The Morgan fingerprint density at radius 2 is 2.20 bits per heavy atom. The van der Waals surface area contributed by atoms with Crippen molar-refractivity contribution in [3.8, 4) is 11.8 Å². The number of imidazole rings is 1. The molecule has 2 aromatic rings. The predicted octanol–water partition coefficient (Wildman–Crippen LogP) is 2.61. The second-order valence-electron chi connectivity index (χ2n) is 6.36. The van der Waals surface area contributed by atoms with Crippen molar-refractivity contribution in [2.24, 2.45) is 0 Å². The lowest BCUT2D eigenvalue weighted by molar-refractivity contribution is -0.389. The lowest BCUT2D eigenvalue weighted by Crippen LogP contribution is -2.44. The zero-order chi connectivity index (χ0) is 18.0. The quantitative estimate of drug-likeness (QED) is 0.553. The third-order valence-electron chi connectivity index (χ3n) is 3.92. The van der Waals surface area contributed by atoms with Gasteiger partial charge in [-0.05, 0) is 43.2 Å². The standard InChI is InChI=1S/C16H19ClN4O4/c1-16(11-20-9-14(21(22)23)18-15(20)25-16)10-19(2)7-8-24-13-5-3-12(17)4-6-13/h3-6,9H,7-8,10-11H2,1-2H3/t16-/m0/s1. The van der Waals surface area contributed by atoms with Crippen LogP contribution in [0.15, 0.2) is 30.5 Å². The van der Waals surface area contributed by atoms with Crippen molar-refractivity contribution in [2.75, 3.05) is 26.7 Å². The molecule has 1 aliphatic rings. The van der Waals surface area contributed by atoms with Gasteiger partial charge >= 0.3 is 11.8 Å². The molecule has 0 spiro atoms. The zero-order valence-corrected chi connectivity index (χ0v) is 14.8. The molecule has 0 amide bonds. The summed E-state index contributed by atoms with van der Waals surface area (Å²) in [4.78, 5) is 16.2. The lowest BCUT2D eigenvalue weighted by atomic mass is 10.1. The van der Waals surface area contributed by atoms with Gasteiger partial charge in [0.1, 0.15) is 24.2 Å². The fraction of sp³-hybridized carbons (Fsp3) is 0.438. The van der Waals surface area contributed by atoms with Gasteiger partial charge in [0.25, 0.3) is 0 Å². The second-order valence-corrected chi connectivity index (χ2v) is 6.80. The Morgan fingerprint density at radius 1 is 1.48 bits per heavy atom. The molecule has 1 aromatic carbocycles. The minimum absolute atomic E-state index is 0.193. The summed E-state index contributed by atoms with van der Waals surface area (Å²) < 4.78 is 13.2. The monoisotopic (exact) mass is 366 g/mol. The molecule has 0 radical (unpaired) electrons. The Balaban J connectivity index is 1.47. The van der Waals surface area contributed by atoms with E-state index >= 15 is 0 Å². The fourth-order valence-electron chi connectivity index (χ4n) is 2.86. The van der Waals surface area contributed by atoms with Gasteiger partial charge in [0.15, 0.2) is 0 Å². The third-order valence-corrected chi connectivity index (χ3v) is 4.17. The summed E-state index contributed by atoms with van der Waals surface area (Å²) >= 11 is 5.84. The van der Waals surface area contributed by atoms with Crippen molar-refractivity contribution < 1.29 is 14.4 Å². The zero-order valence-electron chi connectivity index (χ0n) is 14.0. The van der Waals surface area contributed by atoms with E-state index in [1.54, 1.807) is 16.7 Å². The van der Waals surface area contributed by atoms with E-state index in [1.807, 2.05) is 26.1 Å². The molecule has 9 heteroatoms. The van der Waals surface area contributed by atoms with Crippen LogP contribution in [0.25, 0.3) is 0 Å². The van der Waals surface area contributed by atoms with Gasteiger partial charge in [0.2, 0.25) is 0 Å². The van der Waals surface area contributed by atoms with Crippen LogP contribution in [-0.2, 0) is 6.54 Å². The number of fused-ring (bicyclic) bond motifs is 1. The topological polar surface area (TPSA) is 82.7 Å². The first-order valence-corrected chi connectivity index (χ1v) is 8.20. The molecule has 3 rings (SSSR count). The number of halogens is 1. The van der Waals surface area contributed by atoms with Crippen molar-refractivity contribution in [1.82, 2.24) is 14.5 Å². The van der Waals surface area contributed by atoms with E-state index in [0.717, 1.165) is 5.75 Å². The molecule has 134 valence electrons. The van der Waals surface area contributed by atoms with Crippen LogP contribution >= 0.6 is 11.6 Å². The fourth-order valence-corrected chi connectivity index (χ4v) is 2.99. The maximum atomic E-state index is 10.7. The molecule has 0 N–H and O–H groups in total. The SMILES string of the molecule is CN(CCOc1ccc(Cl)cc1)C[C@@]1(C)Cn2cc([N+](=O)[O-])nc2O1. The lowest BCUT2D eigenvalue weighted by Gasteiger charge is -2.28. The molecule has 8 nitrogen and oxygen atoms in total. The summed E-state index contributed by atoms with van der Waals surface area (Å²) in [5, 5.41) is 11.4. The Hall–Kier alpha value is -2.32. The van der Waals surface area contributed by atoms with Crippen LogP contribution in [-0.4, -0.2) is 51.7 Å². The van der Waals surface area contributed by atoms with E-state index in [0.29, 0.717) is 37.3 Å². The highest BCUT2D eigenvalue weighted by atomic mass is 35.5. The van der Waals surface area contributed by atoms with E-state index in [4.69, 9.17) is 21.1 Å². The van der Waals surface area contributed by atoms with Crippen molar-refractivity contribution >= 4 is 17.4 Å². The average Bonchev–Trinajstić information content (AvgIpc) is 3.04. The number of benzene rings is 1. The number of nitro groups is 1. The van der Waals surface area contributed by atoms with Gasteiger partial charge in [-0.25, -0.2) is 0 Å². The van der Waals surface area contributed by atoms with Crippen LogP contribution in [0.2, 0.25) is 5.02 Å². The summed E-state index contributed by atoms with van der Waals surface area (Å²) in [6.45, 7) is 4.37. The molecule has 0 aliphatic carbocycles. The predicted molar refractivity (Wildman–Crippen MR) is 92.4 cm³/mol. The summed E-state index contributed by atoms with van der Waals surface area (Å²) in [7, 11) is 1.98. The van der Waals surface area contributed by atoms with Gasteiger partial charge in [-0.2, -0.15) is 0 Å². The number of likely N-dealkylation sites (N-methyl/N-ethyl adjacent to an activating group) is 1. The van der Waals surface area contributed by atoms with Gasteiger partial charge in [-0.1, -0.05) is 11.6 Å². The molecule has 0 unspecified atom stereocenters. The van der Waals surface area contributed by atoms with Gasteiger partial charge in [0, 0.05) is 23.1 Å². The number of hydrogen-bond acceptors (Lipinski definition) is 6.